The average Bonchev–Trinajstić information content (AvgIpc) is 2.48. The summed E-state index contributed by atoms with van der Waals surface area (Å²) in [5.74, 6) is 0.119. The molecular weight excluding hydrogens is 268 g/mol. The molecule has 2 heterocycles. The van der Waals surface area contributed by atoms with Crippen molar-refractivity contribution in [2.45, 2.75) is 13.5 Å². The van der Waals surface area contributed by atoms with Crippen molar-refractivity contribution in [2.24, 2.45) is 0 Å². The molecule has 0 aromatic carbocycles. The number of carbonyl (C=O) groups excluding carboxylic acids is 1. The van der Waals surface area contributed by atoms with E-state index in [1.165, 1.54) is 6.20 Å². The predicted molar refractivity (Wildman–Crippen MR) is 80.9 cm³/mol. The molecule has 2 aromatic heterocycles. The summed E-state index contributed by atoms with van der Waals surface area (Å²) in [6.45, 7) is 2.67. The van der Waals surface area contributed by atoms with Gasteiger partial charge in [-0.1, -0.05) is 0 Å². The summed E-state index contributed by atoms with van der Waals surface area (Å²) in [6, 6.07) is 5.42. The molecule has 0 saturated carbocycles. The monoisotopic (exact) mass is 286 g/mol. The van der Waals surface area contributed by atoms with E-state index in [0.29, 0.717) is 30.2 Å². The molecule has 2 rings (SSSR count). The highest BCUT2D eigenvalue weighted by atomic mass is 16.5. The van der Waals surface area contributed by atoms with Crippen LogP contribution in [0, 0.1) is 0 Å². The summed E-state index contributed by atoms with van der Waals surface area (Å²) >= 11 is 0. The number of esters is 1. The normalized spacial score (nSPS) is 10.2. The van der Waals surface area contributed by atoms with E-state index in [-0.39, 0.29) is 0 Å². The number of ether oxygens (including phenoxy) is 1. The maximum atomic E-state index is 12.0. The van der Waals surface area contributed by atoms with E-state index >= 15 is 0 Å². The second kappa shape index (κ2) is 6.69. The van der Waals surface area contributed by atoms with Gasteiger partial charge in [0, 0.05) is 26.0 Å². The molecule has 0 saturated heterocycles. The fourth-order valence-electron chi connectivity index (χ4n) is 1.97. The second-order valence-electron chi connectivity index (χ2n) is 4.57. The van der Waals surface area contributed by atoms with E-state index in [0.717, 1.165) is 5.56 Å². The van der Waals surface area contributed by atoms with Gasteiger partial charge in [-0.3, -0.25) is 4.98 Å². The first-order valence-corrected chi connectivity index (χ1v) is 6.64. The molecule has 0 aliphatic carbocycles. The Balaban J connectivity index is 2.27. The highest BCUT2D eigenvalue weighted by Crippen LogP contribution is 2.21. The van der Waals surface area contributed by atoms with Crippen LogP contribution >= 0.6 is 0 Å². The molecule has 6 nitrogen and oxygen atoms in total. The summed E-state index contributed by atoms with van der Waals surface area (Å²) in [5, 5.41) is 0. The summed E-state index contributed by atoms with van der Waals surface area (Å²) in [5.41, 5.74) is 7.59. The largest absolute Gasteiger partial charge is 0.462 e. The molecule has 110 valence electrons. The fourth-order valence-corrected chi connectivity index (χ4v) is 1.97. The molecular formula is C15H18N4O2. The lowest BCUT2D eigenvalue weighted by molar-refractivity contribution is 0.0526. The molecule has 0 spiro atoms. The number of pyridine rings is 2. The standard InChI is InChI=1S/C15H18N4O2/c1-3-21-15(20)13-8-12(16)9-18-14(13)19(2)10-11-4-6-17-7-5-11/h4-9H,3,10,16H2,1-2H3. The number of nitrogen functional groups attached to an aromatic ring is 1. The van der Waals surface area contributed by atoms with E-state index in [1.54, 1.807) is 25.4 Å². The van der Waals surface area contributed by atoms with Gasteiger partial charge in [0.05, 0.1) is 18.5 Å². The van der Waals surface area contributed by atoms with Crippen LogP contribution in [0.5, 0.6) is 0 Å². The van der Waals surface area contributed by atoms with Gasteiger partial charge >= 0.3 is 5.97 Å². The van der Waals surface area contributed by atoms with E-state index in [1.807, 2.05) is 24.1 Å². The highest BCUT2D eigenvalue weighted by molar-refractivity contribution is 5.95. The van der Waals surface area contributed by atoms with Gasteiger partial charge in [-0.25, -0.2) is 9.78 Å². The van der Waals surface area contributed by atoms with Crippen molar-refractivity contribution >= 4 is 17.5 Å². The van der Waals surface area contributed by atoms with Gasteiger partial charge in [-0.05, 0) is 30.7 Å². The van der Waals surface area contributed by atoms with Crippen LogP contribution in [0.25, 0.3) is 0 Å². The molecule has 6 heteroatoms. The van der Waals surface area contributed by atoms with E-state index in [2.05, 4.69) is 9.97 Å². The number of aromatic nitrogens is 2. The van der Waals surface area contributed by atoms with Gasteiger partial charge in [0.1, 0.15) is 11.4 Å². The lowest BCUT2D eigenvalue weighted by atomic mass is 10.2. The molecule has 2 N–H and O–H groups in total. The molecule has 0 amide bonds. The summed E-state index contributed by atoms with van der Waals surface area (Å²) in [7, 11) is 1.86. The number of rotatable bonds is 5. The SMILES string of the molecule is CCOC(=O)c1cc(N)cnc1N(C)Cc1ccncc1. The van der Waals surface area contributed by atoms with Crippen LogP contribution in [0.1, 0.15) is 22.8 Å². The topological polar surface area (TPSA) is 81.3 Å². The quantitative estimate of drug-likeness (QED) is 0.845. The van der Waals surface area contributed by atoms with E-state index < -0.39 is 5.97 Å². The maximum Gasteiger partial charge on any atom is 0.341 e. The third kappa shape index (κ3) is 3.68. The van der Waals surface area contributed by atoms with Gasteiger partial charge in [0.25, 0.3) is 0 Å². The van der Waals surface area contributed by atoms with Crippen molar-refractivity contribution in [1.29, 1.82) is 0 Å². The van der Waals surface area contributed by atoms with E-state index in [4.69, 9.17) is 10.5 Å². The molecule has 0 unspecified atom stereocenters. The third-order valence-corrected chi connectivity index (χ3v) is 2.91. The minimum absolute atomic E-state index is 0.307. The predicted octanol–water partition coefficient (Wildman–Crippen LogP) is 1.87. The number of hydrogen-bond acceptors (Lipinski definition) is 6. The van der Waals surface area contributed by atoms with Crippen molar-refractivity contribution < 1.29 is 9.53 Å². The van der Waals surface area contributed by atoms with Crippen molar-refractivity contribution in [3.8, 4) is 0 Å². The van der Waals surface area contributed by atoms with Crippen molar-refractivity contribution in [1.82, 2.24) is 9.97 Å². The smallest absolute Gasteiger partial charge is 0.341 e. The van der Waals surface area contributed by atoms with Crippen LogP contribution in [-0.2, 0) is 11.3 Å². The van der Waals surface area contributed by atoms with Crippen molar-refractivity contribution in [3.05, 3.63) is 47.9 Å². The lowest BCUT2D eigenvalue weighted by Crippen LogP contribution is -2.21. The molecule has 0 aliphatic rings. The van der Waals surface area contributed by atoms with Crippen LogP contribution in [0.3, 0.4) is 0 Å². The summed E-state index contributed by atoms with van der Waals surface area (Å²) < 4.78 is 5.05. The van der Waals surface area contributed by atoms with Gasteiger partial charge in [0.15, 0.2) is 0 Å². The van der Waals surface area contributed by atoms with Crippen LogP contribution in [-0.4, -0.2) is 29.6 Å². The molecule has 0 atom stereocenters. The second-order valence-corrected chi connectivity index (χ2v) is 4.57. The summed E-state index contributed by atoms with van der Waals surface area (Å²) in [4.78, 5) is 22.1. The Labute approximate surface area is 123 Å². The van der Waals surface area contributed by atoms with Crippen molar-refractivity contribution in [3.63, 3.8) is 0 Å². The zero-order valence-electron chi connectivity index (χ0n) is 12.1. The van der Waals surface area contributed by atoms with Gasteiger partial charge in [-0.15, -0.1) is 0 Å². The first kappa shape index (κ1) is 14.8. The molecule has 2 aromatic rings. The zero-order valence-corrected chi connectivity index (χ0v) is 12.1. The number of nitrogens with zero attached hydrogens (tertiary/aromatic N) is 3. The number of nitrogens with two attached hydrogens (primary N) is 1. The van der Waals surface area contributed by atoms with E-state index in [9.17, 15) is 4.79 Å². The maximum absolute atomic E-state index is 12.0. The first-order chi connectivity index (χ1) is 10.1. The Hall–Kier alpha value is -2.63. The van der Waals surface area contributed by atoms with Crippen LogP contribution in [0.15, 0.2) is 36.8 Å². The lowest BCUT2D eigenvalue weighted by Gasteiger charge is -2.20. The Morgan fingerprint density at radius 3 is 2.76 bits per heavy atom. The Kier molecular flexibility index (Phi) is 4.71. The molecule has 0 fully saturated rings. The Morgan fingerprint density at radius 1 is 1.38 bits per heavy atom. The van der Waals surface area contributed by atoms with Crippen LogP contribution < -0.4 is 10.6 Å². The van der Waals surface area contributed by atoms with Crippen LogP contribution in [0.4, 0.5) is 11.5 Å². The molecule has 21 heavy (non-hydrogen) atoms. The van der Waals surface area contributed by atoms with Gasteiger partial charge < -0.3 is 15.4 Å². The summed E-state index contributed by atoms with van der Waals surface area (Å²) in [6.07, 6.45) is 4.98. The number of hydrogen-bond donors (Lipinski definition) is 1. The highest BCUT2D eigenvalue weighted by Gasteiger charge is 2.17. The first-order valence-electron chi connectivity index (χ1n) is 6.64. The Morgan fingerprint density at radius 2 is 2.10 bits per heavy atom. The molecule has 0 aliphatic heterocycles. The average molecular weight is 286 g/mol. The van der Waals surface area contributed by atoms with Crippen LogP contribution in [0.2, 0.25) is 0 Å². The number of anilines is 2. The minimum atomic E-state index is -0.422. The third-order valence-electron chi connectivity index (χ3n) is 2.91. The number of carbonyl (C=O) groups is 1. The fraction of sp³-hybridized carbons (Fsp3) is 0.267. The van der Waals surface area contributed by atoms with Crippen molar-refractivity contribution in [2.75, 3.05) is 24.3 Å². The van der Waals surface area contributed by atoms with Gasteiger partial charge in [-0.2, -0.15) is 0 Å². The zero-order chi connectivity index (χ0) is 15.2. The molecule has 0 bridgehead atoms. The Bertz CT molecular complexity index is 616. The molecule has 0 radical (unpaired) electrons. The minimum Gasteiger partial charge on any atom is -0.462 e. The van der Waals surface area contributed by atoms with Gasteiger partial charge in [0.2, 0.25) is 0 Å².